The molecule has 0 aromatic carbocycles. The predicted octanol–water partition coefficient (Wildman–Crippen LogP) is 1.03. The highest BCUT2D eigenvalue weighted by molar-refractivity contribution is 5.78. The van der Waals surface area contributed by atoms with E-state index in [4.69, 9.17) is 4.74 Å². The first kappa shape index (κ1) is 14.5. The van der Waals surface area contributed by atoms with Crippen molar-refractivity contribution < 1.29 is 4.74 Å². The van der Waals surface area contributed by atoms with Crippen molar-refractivity contribution >= 4 is 16.7 Å². The Kier molecular flexibility index (Phi) is 3.51. The molecule has 0 N–H and O–H groups in total. The second-order valence-corrected chi connectivity index (χ2v) is 5.33. The third-order valence-corrected chi connectivity index (χ3v) is 3.73. The van der Waals surface area contributed by atoms with Crippen LogP contribution in [0.5, 0.6) is 0 Å². The van der Waals surface area contributed by atoms with Gasteiger partial charge in [-0.1, -0.05) is 0 Å². The molecule has 0 aliphatic rings. The summed E-state index contributed by atoms with van der Waals surface area (Å²) in [7, 11) is 1.58. The molecule has 24 heavy (non-hydrogen) atoms. The largest absolute Gasteiger partial charge is 0.377 e. The summed E-state index contributed by atoms with van der Waals surface area (Å²) in [6.07, 6.45) is 6.71. The quantitative estimate of drug-likeness (QED) is 0.558. The Labute approximate surface area is 136 Å². The van der Waals surface area contributed by atoms with Crippen LogP contribution in [-0.4, -0.2) is 36.2 Å². The Balaban J connectivity index is 1.84. The van der Waals surface area contributed by atoms with E-state index in [0.29, 0.717) is 35.7 Å². The van der Waals surface area contributed by atoms with Crippen molar-refractivity contribution in [2.24, 2.45) is 0 Å². The summed E-state index contributed by atoms with van der Waals surface area (Å²) >= 11 is 0. The van der Waals surface area contributed by atoms with Gasteiger partial charge in [-0.25, -0.2) is 4.98 Å². The Hall–Kier alpha value is -3.13. The lowest BCUT2D eigenvalue weighted by Gasteiger charge is -2.07. The molecule has 8 nitrogen and oxygen atoms in total. The highest BCUT2D eigenvalue weighted by Crippen LogP contribution is 2.11. The highest BCUT2D eigenvalue weighted by atomic mass is 16.5. The fraction of sp³-hybridized carbons (Fsp3) is 0.188. The second-order valence-electron chi connectivity index (χ2n) is 5.33. The molecule has 4 aromatic rings. The maximum Gasteiger partial charge on any atom is 0.261 e. The van der Waals surface area contributed by atoms with Crippen LogP contribution >= 0.6 is 0 Å². The monoisotopic (exact) mass is 322 g/mol. The zero-order valence-corrected chi connectivity index (χ0v) is 13.0. The van der Waals surface area contributed by atoms with Crippen LogP contribution in [0, 0.1) is 0 Å². The van der Waals surface area contributed by atoms with Crippen LogP contribution in [0.4, 0.5) is 0 Å². The van der Waals surface area contributed by atoms with E-state index >= 15 is 0 Å². The molecule has 0 saturated carbocycles. The Morgan fingerprint density at radius 1 is 1.21 bits per heavy atom. The fourth-order valence-electron chi connectivity index (χ4n) is 2.60. The molecule has 4 heterocycles. The van der Waals surface area contributed by atoms with Gasteiger partial charge in [0.05, 0.1) is 17.4 Å². The van der Waals surface area contributed by atoms with E-state index in [2.05, 4.69) is 20.1 Å². The molecule has 4 aromatic heterocycles. The van der Waals surface area contributed by atoms with E-state index in [1.165, 1.54) is 0 Å². The molecular formula is C16H14N6O2. The minimum atomic E-state index is -0.123. The average Bonchev–Trinajstić information content (AvgIpc) is 3.01. The van der Waals surface area contributed by atoms with Gasteiger partial charge in [0, 0.05) is 31.9 Å². The normalized spacial score (nSPS) is 11.4. The van der Waals surface area contributed by atoms with Gasteiger partial charge in [-0.2, -0.15) is 9.50 Å². The molecule has 0 aliphatic carbocycles. The number of hydrogen-bond donors (Lipinski definition) is 0. The van der Waals surface area contributed by atoms with Crippen LogP contribution in [0.15, 0.2) is 47.8 Å². The first-order chi connectivity index (χ1) is 11.8. The van der Waals surface area contributed by atoms with E-state index in [-0.39, 0.29) is 5.56 Å². The molecule has 120 valence electrons. The predicted molar refractivity (Wildman–Crippen MR) is 86.6 cm³/mol. The lowest BCUT2D eigenvalue weighted by molar-refractivity contribution is 0.178. The van der Waals surface area contributed by atoms with Gasteiger partial charge < -0.3 is 9.30 Å². The van der Waals surface area contributed by atoms with Gasteiger partial charge in [0.1, 0.15) is 6.61 Å². The van der Waals surface area contributed by atoms with Gasteiger partial charge in [-0.05, 0) is 23.8 Å². The van der Waals surface area contributed by atoms with Gasteiger partial charge in [-0.15, -0.1) is 5.10 Å². The molecule has 0 atom stereocenters. The summed E-state index contributed by atoms with van der Waals surface area (Å²) in [5.41, 5.74) is 1.55. The molecule has 8 heteroatoms. The molecule has 0 bridgehead atoms. The van der Waals surface area contributed by atoms with Crippen LogP contribution in [-0.2, 0) is 17.9 Å². The third kappa shape index (κ3) is 2.42. The Morgan fingerprint density at radius 3 is 2.83 bits per heavy atom. The smallest absolute Gasteiger partial charge is 0.261 e. The van der Waals surface area contributed by atoms with Crippen LogP contribution in [0.25, 0.3) is 16.7 Å². The number of hydrogen-bond acceptors (Lipinski definition) is 6. The molecule has 0 aliphatic heterocycles. The fourth-order valence-corrected chi connectivity index (χ4v) is 2.60. The lowest BCUT2D eigenvalue weighted by Crippen LogP contribution is -2.21. The molecule has 0 fully saturated rings. The van der Waals surface area contributed by atoms with Crippen LogP contribution in [0.2, 0.25) is 0 Å². The van der Waals surface area contributed by atoms with E-state index in [1.807, 2.05) is 18.2 Å². The Bertz CT molecular complexity index is 1070. The zero-order valence-electron chi connectivity index (χ0n) is 13.0. The maximum atomic E-state index is 12.7. The lowest BCUT2D eigenvalue weighted by atomic mass is 10.2. The second kappa shape index (κ2) is 5.82. The highest BCUT2D eigenvalue weighted by Gasteiger charge is 2.11. The standard InChI is InChI=1S/C16H14N6O2/c1-24-10-14-19-16-18-8-12-13(22(16)20-14)4-7-21(15(12)23)9-11-2-5-17-6-3-11/h2-8H,9-10H2,1H3. The van der Waals surface area contributed by atoms with Crippen molar-refractivity contribution in [3.63, 3.8) is 0 Å². The number of nitrogens with zero attached hydrogens (tertiary/aromatic N) is 6. The number of pyridine rings is 2. The summed E-state index contributed by atoms with van der Waals surface area (Å²) in [5, 5.41) is 4.84. The van der Waals surface area contributed by atoms with E-state index < -0.39 is 0 Å². The van der Waals surface area contributed by atoms with Crippen molar-refractivity contribution in [2.45, 2.75) is 13.2 Å². The zero-order chi connectivity index (χ0) is 16.5. The topological polar surface area (TPSA) is 87.2 Å². The van der Waals surface area contributed by atoms with Gasteiger partial charge in [0.2, 0.25) is 0 Å². The molecule has 0 radical (unpaired) electrons. The minimum Gasteiger partial charge on any atom is -0.377 e. The summed E-state index contributed by atoms with van der Waals surface area (Å²) in [6.45, 7) is 0.769. The van der Waals surface area contributed by atoms with Gasteiger partial charge >= 0.3 is 0 Å². The van der Waals surface area contributed by atoms with Crippen LogP contribution in [0.1, 0.15) is 11.4 Å². The number of methoxy groups -OCH3 is 1. The molecule has 0 saturated heterocycles. The number of ether oxygens (including phenoxy) is 1. The first-order valence-electron chi connectivity index (χ1n) is 7.38. The number of fused-ring (bicyclic) bond motifs is 3. The number of rotatable bonds is 4. The van der Waals surface area contributed by atoms with E-state index in [1.54, 1.807) is 41.0 Å². The molecule has 0 unspecified atom stereocenters. The summed E-state index contributed by atoms with van der Waals surface area (Å²) < 4.78 is 8.25. The van der Waals surface area contributed by atoms with Gasteiger partial charge in [0.25, 0.3) is 11.3 Å². The summed E-state index contributed by atoms with van der Waals surface area (Å²) in [6, 6.07) is 5.61. The van der Waals surface area contributed by atoms with Crippen molar-refractivity contribution in [3.05, 3.63) is 64.7 Å². The SMILES string of the molecule is COCc1nc2ncc3c(=O)n(Cc4ccncc4)ccc3n2n1. The number of aromatic nitrogens is 6. The first-order valence-corrected chi connectivity index (χ1v) is 7.38. The van der Waals surface area contributed by atoms with Crippen LogP contribution in [0.3, 0.4) is 0 Å². The third-order valence-electron chi connectivity index (χ3n) is 3.73. The maximum absolute atomic E-state index is 12.7. The van der Waals surface area contributed by atoms with Crippen LogP contribution < -0.4 is 5.56 Å². The molecule has 0 amide bonds. The van der Waals surface area contributed by atoms with Crippen molar-refractivity contribution in [3.8, 4) is 0 Å². The van der Waals surface area contributed by atoms with Gasteiger partial charge in [0.15, 0.2) is 5.82 Å². The van der Waals surface area contributed by atoms with Crippen molar-refractivity contribution in [1.82, 2.24) is 29.1 Å². The Morgan fingerprint density at radius 2 is 2.04 bits per heavy atom. The molecule has 4 rings (SSSR count). The molecule has 0 spiro atoms. The van der Waals surface area contributed by atoms with Crippen molar-refractivity contribution in [1.29, 1.82) is 0 Å². The summed E-state index contributed by atoms with van der Waals surface area (Å²) in [4.78, 5) is 25.2. The van der Waals surface area contributed by atoms with Crippen molar-refractivity contribution in [2.75, 3.05) is 7.11 Å². The molecular weight excluding hydrogens is 308 g/mol. The summed E-state index contributed by atoms with van der Waals surface area (Å²) in [5.74, 6) is 0.972. The minimum absolute atomic E-state index is 0.123. The van der Waals surface area contributed by atoms with E-state index in [0.717, 1.165) is 5.56 Å². The average molecular weight is 322 g/mol. The van der Waals surface area contributed by atoms with E-state index in [9.17, 15) is 4.79 Å². The van der Waals surface area contributed by atoms with Gasteiger partial charge in [-0.3, -0.25) is 9.78 Å².